The molecule has 1 saturated carbocycles. The summed E-state index contributed by atoms with van der Waals surface area (Å²) in [5, 5.41) is 3.42. The van der Waals surface area contributed by atoms with Crippen molar-refractivity contribution in [3.05, 3.63) is 18.3 Å². The molecule has 1 N–H and O–H groups in total. The van der Waals surface area contributed by atoms with Crippen molar-refractivity contribution < 1.29 is 4.74 Å². The summed E-state index contributed by atoms with van der Waals surface area (Å²) in [6.45, 7) is 0. The number of anilines is 1. The van der Waals surface area contributed by atoms with Crippen molar-refractivity contribution in [3.8, 4) is 5.75 Å². The summed E-state index contributed by atoms with van der Waals surface area (Å²) >= 11 is 0. The molecular formula is C11H16N2O. The Morgan fingerprint density at radius 3 is 2.93 bits per heavy atom. The summed E-state index contributed by atoms with van der Waals surface area (Å²) in [6, 6.07) is 4.40. The summed E-state index contributed by atoms with van der Waals surface area (Å²) in [6.07, 6.45) is 6.94. The molecular weight excluding hydrogens is 176 g/mol. The van der Waals surface area contributed by atoms with E-state index in [0.29, 0.717) is 6.04 Å². The molecule has 0 unspecified atom stereocenters. The van der Waals surface area contributed by atoms with E-state index in [1.807, 2.05) is 12.1 Å². The maximum Gasteiger partial charge on any atom is 0.168 e. The molecule has 0 radical (unpaired) electrons. The van der Waals surface area contributed by atoms with Gasteiger partial charge in [0.1, 0.15) is 0 Å². The summed E-state index contributed by atoms with van der Waals surface area (Å²) < 4.78 is 5.23. The smallest absolute Gasteiger partial charge is 0.168 e. The van der Waals surface area contributed by atoms with Crippen LogP contribution in [-0.2, 0) is 0 Å². The average molecular weight is 192 g/mol. The van der Waals surface area contributed by atoms with Gasteiger partial charge in [-0.05, 0) is 25.0 Å². The van der Waals surface area contributed by atoms with Gasteiger partial charge in [0.05, 0.1) is 7.11 Å². The first-order chi connectivity index (χ1) is 6.90. The normalized spacial score (nSPS) is 16.9. The van der Waals surface area contributed by atoms with Gasteiger partial charge in [-0.1, -0.05) is 12.8 Å². The number of hydrogen-bond donors (Lipinski definition) is 1. The fourth-order valence-corrected chi connectivity index (χ4v) is 1.93. The Hall–Kier alpha value is -1.25. The van der Waals surface area contributed by atoms with Crippen molar-refractivity contribution in [1.82, 2.24) is 4.98 Å². The largest absolute Gasteiger partial charge is 0.493 e. The summed E-state index contributed by atoms with van der Waals surface area (Å²) in [7, 11) is 1.68. The van der Waals surface area contributed by atoms with Crippen molar-refractivity contribution in [2.24, 2.45) is 0 Å². The molecule has 1 heterocycles. The van der Waals surface area contributed by atoms with Crippen LogP contribution in [0.15, 0.2) is 18.3 Å². The van der Waals surface area contributed by atoms with Gasteiger partial charge in [-0.3, -0.25) is 0 Å². The zero-order valence-electron chi connectivity index (χ0n) is 8.49. The third-order valence-electron chi connectivity index (χ3n) is 2.69. The number of pyridine rings is 1. The van der Waals surface area contributed by atoms with Gasteiger partial charge in [-0.25, -0.2) is 4.98 Å². The molecule has 1 aromatic rings. The van der Waals surface area contributed by atoms with Crippen LogP contribution in [0.3, 0.4) is 0 Å². The second kappa shape index (κ2) is 4.31. The summed E-state index contributed by atoms with van der Waals surface area (Å²) in [5.41, 5.74) is 0. The molecule has 1 fully saturated rings. The Labute approximate surface area is 84.5 Å². The third-order valence-corrected chi connectivity index (χ3v) is 2.69. The molecule has 0 amide bonds. The SMILES string of the molecule is COc1cccnc1NC1CCCC1. The van der Waals surface area contributed by atoms with Crippen LogP contribution in [0, 0.1) is 0 Å². The summed E-state index contributed by atoms with van der Waals surface area (Å²) in [4.78, 5) is 4.28. The first-order valence-corrected chi connectivity index (χ1v) is 5.15. The van der Waals surface area contributed by atoms with Crippen LogP contribution in [-0.4, -0.2) is 18.1 Å². The van der Waals surface area contributed by atoms with E-state index in [1.165, 1.54) is 25.7 Å². The van der Waals surface area contributed by atoms with Crippen molar-refractivity contribution in [1.29, 1.82) is 0 Å². The molecule has 2 rings (SSSR count). The fraction of sp³-hybridized carbons (Fsp3) is 0.545. The number of methoxy groups -OCH3 is 1. The second-order valence-corrected chi connectivity index (χ2v) is 3.68. The number of aromatic nitrogens is 1. The molecule has 3 heteroatoms. The predicted octanol–water partition coefficient (Wildman–Crippen LogP) is 2.44. The van der Waals surface area contributed by atoms with Gasteiger partial charge >= 0.3 is 0 Å². The van der Waals surface area contributed by atoms with Gasteiger partial charge in [0.2, 0.25) is 0 Å². The van der Waals surface area contributed by atoms with Gasteiger partial charge in [-0.2, -0.15) is 0 Å². The lowest BCUT2D eigenvalue weighted by atomic mass is 10.2. The maximum atomic E-state index is 5.23. The molecule has 14 heavy (non-hydrogen) atoms. The van der Waals surface area contributed by atoms with Crippen molar-refractivity contribution in [2.75, 3.05) is 12.4 Å². The molecule has 1 aliphatic rings. The summed E-state index contributed by atoms with van der Waals surface area (Å²) in [5.74, 6) is 1.71. The Bertz CT molecular complexity index is 295. The van der Waals surface area contributed by atoms with Crippen LogP contribution < -0.4 is 10.1 Å². The molecule has 0 spiro atoms. The molecule has 0 bridgehead atoms. The van der Waals surface area contributed by atoms with Crippen molar-refractivity contribution in [3.63, 3.8) is 0 Å². The number of nitrogens with one attached hydrogen (secondary N) is 1. The minimum absolute atomic E-state index is 0.582. The number of rotatable bonds is 3. The van der Waals surface area contributed by atoms with E-state index in [0.717, 1.165) is 11.6 Å². The number of hydrogen-bond acceptors (Lipinski definition) is 3. The molecule has 0 aliphatic heterocycles. The topological polar surface area (TPSA) is 34.1 Å². The van der Waals surface area contributed by atoms with Crippen molar-refractivity contribution in [2.45, 2.75) is 31.7 Å². The minimum Gasteiger partial charge on any atom is -0.493 e. The lowest BCUT2D eigenvalue weighted by Gasteiger charge is -2.14. The molecule has 1 aromatic heterocycles. The van der Waals surface area contributed by atoms with Crippen LogP contribution >= 0.6 is 0 Å². The average Bonchev–Trinajstić information content (AvgIpc) is 2.71. The lowest BCUT2D eigenvalue weighted by molar-refractivity contribution is 0.414. The zero-order chi connectivity index (χ0) is 9.80. The molecule has 1 aliphatic carbocycles. The van der Waals surface area contributed by atoms with E-state index in [4.69, 9.17) is 4.74 Å². The van der Waals surface area contributed by atoms with Gasteiger partial charge in [0, 0.05) is 12.2 Å². The van der Waals surface area contributed by atoms with Crippen LogP contribution in [0.25, 0.3) is 0 Å². The van der Waals surface area contributed by atoms with Crippen LogP contribution in [0.1, 0.15) is 25.7 Å². The van der Waals surface area contributed by atoms with Gasteiger partial charge < -0.3 is 10.1 Å². The Morgan fingerprint density at radius 1 is 1.43 bits per heavy atom. The van der Waals surface area contributed by atoms with E-state index >= 15 is 0 Å². The second-order valence-electron chi connectivity index (χ2n) is 3.68. The Morgan fingerprint density at radius 2 is 2.21 bits per heavy atom. The standard InChI is InChI=1S/C11H16N2O/c1-14-10-7-4-8-12-11(10)13-9-5-2-3-6-9/h4,7-9H,2-3,5-6H2,1H3,(H,12,13). The first kappa shape index (κ1) is 9.31. The number of ether oxygens (including phenoxy) is 1. The van der Waals surface area contributed by atoms with E-state index in [1.54, 1.807) is 13.3 Å². The van der Waals surface area contributed by atoms with Gasteiger partial charge in [0.15, 0.2) is 11.6 Å². The predicted molar refractivity (Wildman–Crippen MR) is 56.7 cm³/mol. The Balaban J connectivity index is 2.07. The van der Waals surface area contributed by atoms with Crippen LogP contribution in [0.4, 0.5) is 5.82 Å². The fourth-order valence-electron chi connectivity index (χ4n) is 1.93. The molecule has 0 saturated heterocycles. The highest BCUT2D eigenvalue weighted by Crippen LogP contribution is 2.26. The van der Waals surface area contributed by atoms with Gasteiger partial charge in [-0.15, -0.1) is 0 Å². The van der Waals surface area contributed by atoms with Gasteiger partial charge in [0.25, 0.3) is 0 Å². The van der Waals surface area contributed by atoms with Crippen LogP contribution in [0.2, 0.25) is 0 Å². The molecule has 76 valence electrons. The van der Waals surface area contributed by atoms with E-state index in [2.05, 4.69) is 10.3 Å². The molecule has 0 aromatic carbocycles. The third kappa shape index (κ3) is 1.97. The highest BCUT2D eigenvalue weighted by atomic mass is 16.5. The van der Waals surface area contributed by atoms with E-state index in [9.17, 15) is 0 Å². The highest BCUT2D eigenvalue weighted by Gasteiger charge is 2.16. The monoisotopic (exact) mass is 192 g/mol. The maximum absolute atomic E-state index is 5.23. The molecule has 3 nitrogen and oxygen atoms in total. The first-order valence-electron chi connectivity index (χ1n) is 5.15. The number of nitrogens with zero attached hydrogens (tertiary/aromatic N) is 1. The minimum atomic E-state index is 0.582. The zero-order valence-corrected chi connectivity index (χ0v) is 8.49. The van der Waals surface area contributed by atoms with E-state index in [-0.39, 0.29) is 0 Å². The van der Waals surface area contributed by atoms with Crippen LogP contribution in [0.5, 0.6) is 5.75 Å². The van der Waals surface area contributed by atoms with E-state index < -0.39 is 0 Å². The Kier molecular flexibility index (Phi) is 2.87. The lowest BCUT2D eigenvalue weighted by Crippen LogP contribution is -2.15. The van der Waals surface area contributed by atoms with Crippen molar-refractivity contribution >= 4 is 5.82 Å². The quantitative estimate of drug-likeness (QED) is 0.798. The molecule has 0 atom stereocenters. The highest BCUT2D eigenvalue weighted by molar-refractivity contribution is 5.50.